The molecule has 154 valence electrons. The number of hydrogen-bond acceptors (Lipinski definition) is 6. The summed E-state index contributed by atoms with van der Waals surface area (Å²) < 4.78 is 7.49. The van der Waals surface area contributed by atoms with Gasteiger partial charge in [0.15, 0.2) is 0 Å². The summed E-state index contributed by atoms with van der Waals surface area (Å²) in [7, 11) is 3.07. The van der Waals surface area contributed by atoms with Gasteiger partial charge in [0, 0.05) is 37.5 Å². The molecule has 0 unspecified atom stereocenters. The minimum atomic E-state index is -0.467. The molecule has 0 bridgehead atoms. The van der Waals surface area contributed by atoms with Crippen molar-refractivity contribution in [2.75, 3.05) is 23.9 Å². The molecule has 1 fully saturated rings. The van der Waals surface area contributed by atoms with Crippen LogP contribution in [0.25, 0.3) is 5.69 Å². The summed E-state index contributed by atoms with van der Waals surface area (Å²) in [6, 6.07) is 13.9. The van der Waals surface area contributed by atoms with Crippen molar-refractivity contribution in [3.05, 3.63) is 59.0 Å². The van der Waals surface area contributed by atoms with E-state index in [1.165, 1.54) is 7.05 Å². The Morgan fingerprint density at radius 2 is 1.87 bits per heavy atom. The molecule has 1 saturated heterocycles. The number of benzene rings is 2. The number of aryl methyl sites for hydroxylation is 1. The third kappa shape index (κ3) is 3.66. The second-order valence-corrected chi connectivity index (χ2v) is 6.94. The minimum Gasteiger partial charge on any atom is -0.497 e. The van der Waals surface area contributed by atoms with Crippen molar-refractivity contribution in [2.45, 2.75) is 6.42 Å². The predicted molar refractivity (Wildman–Crippen MR) is 109 cm³/mol. The van der Waals surface area contributed by atoms with Gasteiger partial charge < -0.3 is 15.0 Å². The zero-order valence-corrected chi connectivity index (χ0v) is 16.5. The van der Waals surface area contributed by atoms with E-state index < -0.39 is 5.92 Å². The monoisotopic (exact) mass is 408 g/mol. The van der Waals surface area contributed by atoms with Crippen LogP contribution in [0.4, 0.5) is 11.4 Å². The van der Waals surface area contributed by atoms with Gasteiger partial charge in [0.2, 0.25) is 11.8 Å². The Kier molecular flexibility index (Phi) is 5.05. The highest BCUT2D eigenvalue weighted by atomic mass is 16.5. The summed E-state index contributed by atoms with van der Waals surface area (Å²) in [5, 5.41) is 10.3. The summed E-state index contributed by atoms with van der Waals surface area (Å²) in [5.41, 5.74) is 1.43. The normalized spacial score (nSPS) is 16.0. The van der Waals surface area contributed by atoms with Crippen molar-refractivity contribution >= 4 is 23.2 Å². The third-order valence-electron chi connectivity index (χ3n) is 4.96. The first-order chi connectivity index (χ1) is 14.5. The molecule has 2 heterocycles. The van der Waals surface area contributed by atoms with Crippen LogP contribution >= 0.6 is 0 Å². The first kappa shape index (κ1) is 19.4. The van der Waals surface area contributed by atoms with Crippen LogP contribution in [0.2, 0.25) is 0 Å². The summed E-state index contributed by atoms with van der Waals surface area (Å²) >= 11 is 0. The lowest BCUT2D eigenvalue weighted by Gasteiger charge is -2.17. The largest absolute Gasteiger partial charge is 0.497 e. The molecule has 0 radical (unpaired) electrons. The molecule has 30 heavy (non-hydrogen) atoms. The standard InChI is InChI=1S/C20H20N6O4/c1-24-20(29)26(23-22-24)15-8-6-14(7-9-15)21-19(28)13-10-18(27)25(12-13)16-4-3-5-17(11-16)30-2/h3-9,11,13H,10,12H2,1-2H3,(H,21,28)/t13-/m1/s1. The molecule has 0 aliphatic carbocycles. The van der Waals surface area contributed by atoms with Gasteiger partial charge in [0.25, 0.3) is 0 Å². The van der Waals surface area contributed by atoms with Gasteiger partial charge in [0.1, 0.15) is 5.75 Å². The zero-order chi connectivity index (χ0) is 21.3. The van der Waals surface area contributed by atoms with E-state index in [2.05, 4.69) is 15.7 Å². The molecule has 1 aliphatic rings. The second-order valence-electron chi connectivity index (χ2n) is 6.94. The molecule has 4 rings (SSSR count). The number of aromatic nitrogens is 4. The number of amides is 2. The number of rotatable bonds is 5. The Bertz CT molecular complexity index is 1150. The number of nitrogens with zero attached hydrogens (tertiary/aromatic N) is 5. The summed E-state index contributed by atoms with van der Waals surface area (Å²) in [6.07, 6.45) is 0.135. The van der Waals surface area contributed by atoms with Gasteiger partial charge in [-0.2, -0.15) is 9.36 Å². The van der Waals surface area contributed by atoms with Gasteiger partial charge in [-0.25, -0.2) is 4.79 Å². The molecule has 1 aromatic heterocycles. The van der Waals surface area contributed by atoms with Gasteiger partial charge in [-0.1, -0.05) is 6.07 Å². The molecular weight excluding hydrogens is 388 g/mol. The van der Waals surface area contributed by atoms with Gasteiger partial charge in [0.05, 0.1) is 18.7 Å². The Morgan fingerprint density at radius 3 is 2.53 bits per heavy atom. The highest BCUT2D eigenvalue weighted by Gasteiger charge is 2.35. The Morgan fingerprint density at radius 1 is 1.10 bits per heavy atom. The van der Waals surface area contributed by atoms with Crippen molar-refractivity contribution in [1.29, 1.82) is 0 Å². The van der Waals surface area contributed by atoms with Gasteiger partial charge >= 0.3 is 5.69 Å². The van der Waals surface area contributed by atoms with Crippen LogP contribution < -0.4 is 20.6 Å². The smallest absolute Gasteiger partial charge is 0.368 e. The third-order valence-corrected chi connectivity index (χ3v) is 4.96. The first-order valence-electron chi connectivity index (χ1n) is 9.31. The van der Waals surface area contributed by atoms with Crippen molar-refractivity contribution < 1.29 is 14.3 Å². The Hall–Kier alpha value is -3.95. The molecule has 1 atom stereocenters. The SMILES string of the molecule is COc1cccc(N2C[C@H](C(=O)Nc3ccc(-n4nnn(C)c4=O)cc3)CC2=O)c1. The number of carbonyl (C=O) groups is 2. The van der Waals surface area contributed by atoms with E-state index in [9.17, 15) is 14.4 Å². The second kappa shape index (κ2) is 7.82. The Labute approximate surface area is 171 Å². The fourth-order valence-corrected chi connectivity index (χ4v) is 3.32. The van der Waals surface area contributed by atoms with Crippen LogP contribution in [0.3, 0.4) is 0 Å². The molecule has 0 spiro atoms. The van der Waals surface area contributed by atoms with Crippen molar-refractivity contribution in [2.24, 2.45) is 13.0 Å². The molecule has 10 heteroatoms. The molecule has 1 aliphatic heterocycles. The average molecular weight is 408 g/mol. The number of ether oxygens (including phenoxy) is 1. The number of anilines is 2. The molecule has 2 aromatic carbocycles. The van der Waals surface area contributed by atoms with Crippen molar-refractivity contribution in [1.82, 2.24) is 19.8 Å². The molecule has 3 aromatic rings. The first-order valence-corrected chi connectivity index (χ1v) is 9.31. The van der Waals surface area contributed by atoms with Crippen LogP contribution in [-0.4, -0.2) is 45.3 Å². The summed E-state index contributed by atoms with van der Waals surface area (Å²) in [5.74, 6) is -0.166. The zero-order valence-electron chi connectivity index (χ0n) is 16.5. The predicted octanol–water partition coefficient (Wildman–Crippen LogP) is 0.966. The fourth-order valence-electron chi connectivity index (χ4n) is 3.32. The maximum Gasteiger partial charge on any atom is 0.368 e. The van der Waals surface area contributed by atoms with E-state index in [4.69, 9.17) is 4.74 Å². The Balaban J connectivity index is 1.43. The lowest BCUT2D eigenvalue weighted by atomic mass is 10.1. The van der Waals surface area contributed by atoms with E-state index >= 15 is 0 Å². The van der Waals surface area contributed by atoms with Crippen LogP contribution in [0, 0.1) is 5.92 Å². The van der Waals surface area contributed by atoms with Crippen LogP contribution in [0.15, 0.2) is 53.3 Å². The fraction of sp³-hybridized carbons (Fsp3) is 0.250. The van der Waals surface area contributed by atoms with E-state index in [1.807, 2.05) is 6.07 Å². The van der Waals surface area contributed by atoms with Crippen LogP contribution in [-0.2, 0) is 16.6 Å². The highest BCUT2D eigenvalue weighted by Crippen LogP contribution is 2.28. The summed E-state index contributed by atoms with van der Waals surface area (Å²) in [4.78, 5) is 38.6. The topological polar surface area (TPSA) is 111 Å². The number of methoxy groups -OCH3 is 1. The average Bonchev–Trinajstić information content (AvgIpc) is 3.31. The number of hydrogen-bond donors (Lipinski definition) is 1. The van der Waals surface area contributed by atoms with Crippen LogP contribution in [0.1, 0.15) is 6.42 Å². The number of carbonyl (C=O) groups excluding carboxylic acids is 2. The van der Waals surface area contributed by atoms with Crippen LogP contribution in [0.5, 0.6) is 5.75 Å². The van der Waals surface area contributed by atoms with E-state index in [0.717, 1.165) is 9.36 Å². The van der Waals surface area contributed by atoms with Gasteiger partial charge in [-0.15, -0.1) is 0 Å². The number of nitrogens with one attached hydrogen (secondary N) is 1. The van der Waals surface area contributed by atoms with Crippen molar-refractivity contribution in [3.8, 4) is 11.4 Å². The number of tetrazole rings is 1. The maximum absolute atomic E-state index is 12.7. The quantitative estimate of drug-likeness (QED) is 0.673. The molecular formula is C20H20N6O4. The lowest BCUT2D eigenvalue weighted by molar-refractivity contribution is -0.122. The van der Waals surface area contributed by atoms with Crippen molar-refractivity contribution in [3.63, 3.8) is 0 Å². The lowest BCUT2D eigenvalue weighted by Crippen LogP contribution is -2.28. The highest BCUT2D eigenvalue weighted by molar-refractivity contribution is 6.03. The minimum absolute atomic E-state index is 0.110. The summed E-state index contributed by atoms with van der Waals surface area (Å²) in [6.45, 7) is 0.297. The molecule has 10 nitrogen and oxygen atoms in total. The van der Waals surface area contributed by atoms with Gasteiger partial charge in [-0.05, 0) is 46.8 Å². The van der Waals surface area contributed by atoms with E-state index in [1.54, 1.807) is 54.5 Å². The van der Waals surface area contributed by atoms with Gasteiger partial charge in [-0.3, -0.25) is 9.59 Å². The van der Waals surface area contributed by atoms with E-state index in [-0.39, 0.29) is 23.9 Å². The molecule has 2 amide bonds. The molecule has 0 saturated carbocycles. The molecule has 1 N–H and O–H groups in total. The maximum atomic E-state index is 12.7. The van der Waals surface area contributed by atoms with E-state index in [0.29, 0.717) is 29.4 Å².